The maximum atomic E-state index is 12.7. The van der Waals surface area contributed by atoms with Crippen LogP contribution in [0.15, 0.2) is 12.2 Å². The highest BCUT2D eigenvalue weighted by Gasteiger charge is 2.21. The molecule has 0 bridgehead atoms. The summed E-state index contributed by atoms with van der Waals surface area (Å²) in [5, 5.41) is 0. The molecule has 0 aromatic carbocycles. The number of hydrogen-bond acceptors (Lipinski definition) is 8. The Labute approximate surface area is 358 Å². The molecule has 344 valence electrons. The van der Waals surface area contributed by atoms with Crippen molar-refractivity contribution in [3.63, 3.8) is 0 Å². The molecule has 2 atom stereocenters. The SMILES string of the molecule is CCCCCCCC/C=C/CCCCCCCC(=O)OCC(COP(=O)([O-])OCC[N+](C)(C)C)OC(=O)CCCCCCCCCCCCCCCCCCCCC. The van der Waals surface area contributed by atoms with Crippen molar-refractivity contribution in [3.8, 4) is 0 Å². The molecule has 58 heavy (non-hydrogen) atoms. The van der Waals surface area contributed by atoms with E-state index in [-0.39, 0.29) is 32.0 Å². The maximum Gasteiger partial charge on any atom is 0.306 e. The summed E-state index contributed by atoms with van der Waals surface area (Å²) in [6.45, 7) is 4.25. The Balaban J connectivity index is 4.26. The molecule has 0 aliphatic heterocycles. The van der Waals surface area contributed by atoms with Gasteiger partial charge in [0.25, 0.3) is 7.82 Å². The van der Waals surface area contributed by atoms with Gasteiger partial charge in [0.2, 0.25) is 0 Å². The minimum Gasteiger partial charge on any atom is -0.756 e. The smallest absolute Gasteiger partial charge is 0.306 e. The van der Waals surface area contributed by atoms with Crippen LogP contribution < -0.4 is 4.89 Å². The summed E-state index contributed by atoms with van der Waals surface area (Å²) >= 11 is 0. The fraction of sp³-hybridized carbons (Fsp3) is 0.917. The van der Waals surface area contributed by atoms with E-state index in [0.29, 0.717) is 17.4 Å². The second kappa shape index (κ2) is 41.1. The number of quaternary nitrogens is 1. The quantitative estimate of drug-likeness (QED) is 0.0196. The number of unbranched alkanes of at least 4 members (excludes halogenated alkanes) is 29. The van der Waals surface area contributed by atoms with Crippen LogP contribution in [0.1, 0.15) is 232 Å². The summed E-state index contributed by atoms with van der Waals surface area (Å²) in [5.41, 5.74) is 0. The van der Waals surface area contributed by atoms with Crippen molar-refractivity contribution in [3.05, 3.63) is 12.2 Å². The Hall–Kier alpha value is -1.25. The van der Waals surface area contributed by atoms with Gasteiger partial charge in [-0.1, -0.05) is 193 Å². The lowest BCUT2D eigenvalue weighted by Gasteiger charge is -2.28. The minimum atomic E-state index is -4.62. The third-order valence-electron chi connectivity index (χ3n) is 10.8. The number of phosphoric ester groups is 1. The Kier molecular flexibility index (Phi) is 40.2. The van der Waals surface area contributed by atoms with Gasteiger partial charge in [0.05, 0.1) is 27.7 Å². The van der Waals surface area contributed by atoms with E-state index in [1.807, 2.05) is 21.1 Å². The van der Waals surface area contributed by atoms with Gasteiger partial charge < -0.3 is 27.9 Å². The largest absolute Gasteiger partial charge is 0.756 e. The van der Waals surface area contributed by atoms with Gasteiger partial charge in [-0.3, -0.25) is 14.2 Å². The zero-order chi connectivity index (χ0) is 42.8. The summed E-state index contributed by atoms with van der Waals surface area (Å²) in [6.07, 6.45) is 43.8. The number of carbonyl (C=O) groups excluding carboxylic acids is 2. The summed E-state index contributed by atoms with van der Waals surface area (Å²) in [6, 6.07) is 0. The van der Waals surface area contributed by atoms with Crippen LogP contribution in [0, 0.1) is 0 Å². The van der Waals surface area contributed by atoms with Crippen LogP contribution in [0.2, 0.25) is 0 Å². The van der Waals surface area contributed by atoms with Gasteiger partial charge in [0, 0.05) is 12.8 Å². The first-order valence-electron chi connectivity index (χ1n) is 24.4. The number of nitrogens with zero attached hydrogens (tertiary/aromatic N) is 1. The predicted octanol–water partition coefficient (Wildman–Crippen LogP) is 13.5. The van der Waals surface area contributed by atoms with Crippen LogP contribution >= 0.6 is 7.82 Å². The van der Waals surface area contributed by atoms with Crippen LogP contribution in [0.25, 0.3) is 0 Å². The maximum absolute atomic E-state index is 12.7. The normalized spacial score (nSPS) is 13.6. The number of phosphoric acid groups is 1. The lowest BCUT2D eigenvalue weighted by atomic mass is 10.0. The van der Waals surface area contributed by atoms with Gasteiger partial charge in [0.1, 0.15) is 19.8 Å². The Morgan fingerprint density at radius 3 is 1.28 bits per heavy atom. The zero-order valence-corrected chi connectivity index (χ0v) is 39.7. The summed E-state index contributed by atoms with van der Waals surface area (Å²) in [5.74, 6) is -0.831. The van der Waals surface area contributed by atoms with Crippen molar-refractivity contribution in [1.29, 1.82) is 0 Å². The lowest BCUT2D eigenvalue weighted by Crippen LogP contribution is -2.37. The van der Waals surface area contributed by atoms with Gasteiger partial charge in [0.15, 0.2) is 6.10 Å². The highest BCUT2D eigenvalue weighted by Crippen LogP contribution is 2.38. The summed E-state index contributed by atoms with van der Waals surface area (Å²) in [7, 11) is 1.17. The van der Waals surface area contributed by atoms with E-state index in [2.05, 4.69) is 26.0 Å². The minimum absolute atomic E-state index is 0.0287. The Morgan fingerprint density at radius 2 is 0.879 bits per heavy atom. The molecule has 0 aromatic rings. The number of allylic oxidation sites excluding steroid dienone is 2. The molecule has 2 unspecified atom stereocenters. The van der Waals surface area contributed by atoms with E-state index < -0.39 is 26.5 Å². The molecular formula is C48H94NO8P. The molecule has 0 N–H and O–H groups in total. The molecular weight excluding hydrogens is 750 g/mol. The van der Waals surface area contributed by atoms with Gasteiger partial charge in [-0.2, -0.15) is 0 Å². The van der Waals surface area contributed by atoms with E-state index >= 15 is 0 Å². The molecule has 0 rings (SSSR count). The Morgan fingerprint density at radius 1 is 0.517 bits per heavy atom. The van der Waals surface area contributed by atoms with E-state index in [9.17, 15) is 19.0 Å². The first-order chi connectivity index (χ1) is 28.0. The predicted molar refractivity (Wildman–Crippen MR) is 241 cm³/mol. The molecule has 9 nitrogen and oxygen atoms in total. The third-order valence-corrected chi connectivity index (χ3v) is 11.7. The molecule has 0 fully saturated rings. The van der Waals surface area contributed by atoms with Crippen molar-refractivity contribution in [2.45, 2.75) is 238 Å². The van der Waals surface area contributed by atoms with Crippen molar-refractivity contribution in [2.75, 3.05) is 47.5 Å². The standard InChI is InChI=1S/C48H94NO8P/c1-6-8-10-12-14-16-18-20-22-23-24-25-27-29-31-33-35-37-39-41-48(51)57-46(45-56-58(52,53)55-43-42-49(3,4)5)44-54-47(50)40-38-36-34-32-30-28-26-21-19-17-15-13-11-9-7-2/h21,26,46H,6-20,22-25,27-45H2,1-5H3/b26-21+. The van der Waals surface area contributed by atoms with Crippen molar-refractivity contribution < 1.29 is 42.1 Å². The highest BCUT2D eigenvalue weighted by molar-refractivity contribution is 7.45. The third kappa shape index (κ3) is 44.3. The summed E-state index contributed by atoms with van der Waals surface area (Å²) in [4.78, 5) is 37.6. The first-order valence-corrected chi connectivity index (χ1v) is 25.9. The van der Waals surface area contributed by atoms with Crippen molar-refractivity contribution in [2.24, 2.45) is 0 Å². The van der Waals surface area contributed by atoms with Gasteiger partial charge in [-0.05, 0) is 38.5 Å². The van der Waals surface area contributed by atoms with Crippen LogP contribution in [-0.2, 0) is 32.7 Å². The van der Waals surface area contributed by atoms with Gasteiger partial charge in [-0.15, -0.1) is 0 Å². The monoisotopic (exact) mass is 844 g/mol. The van der Waals surface area contributed by atoms with E-state index in [1.165, 1.54) is 148 Å². The Bertz CT molecular complexity index is 1000. The van der Waals surface area contributed by atoms with Crippen LogP contribution in [-0.4, -0.2) is 70.0 Å². The number of hydrogen-bond donors (Lipinski definition) is 0. The van der Waals surface area contributed by atoms with Crippen LogP contribution in [0.4, 0.5) is 0 Å². The van der Waals surface area contributed by atoms with Crippen LogP contribution in [0.5, 0.6) is 0 Å². The molecule has 0 saturated carbocycles. The van der Waals surface area contributed by atoms with Crippen molar-refractivity contribution >= 4 is 19.8 Å². The highest BCUT2D eigenvalue weighted by atomic mass is 31.2. The second-order valence-corrected chi connectivity index (χ2v) is 19.2. The number of rotatable bonds is 45. The fourth-order valence-electron chi connectivity index (χ4n) is 6.95. The topological polar surface area (TPSA) is 111 Å². The number of ether oxygens (including phenoxy) is 2. The van der Waals surface area contributed by atoms with E-state index in [1.54, 1.807) is 0 Å². The molecule has 0 heterocycles. The van der Waals surface area contributed by atoms with Gasteiger partial charge >= 0.3 is 11.9 Å². The molecule has 0 aliphatic carbocycles. The van der Waals surface area contributed by atoms with E-state index in [4.69, 9.17) is 18.5 Å². The number of carbonyl (C=O) groups is 2. The molecule has 0 saturated heterocycles. The molecule has 0 radical (unpaired) electrons. The first kappa shape index (κ1) is 56.8. The second-order valence-electron chi connectivity index (χ2n) is 17.8. The average Bonchev–Trinajstić information content (AvgIpc) is 3.17. The van der Waals surface area contributed by atoms with Gasteiger partial charge in [-0.25, -0.2) is 0 Å². The van der Waals surface area contributed by atoms with Crippen molar-refractivity contribution in [1.82, 2.24) is 0 Å². The molecule has 0 aromatic heterocycles. The molecule has 0 spiro atoms. The molecule has 10 heteroatoms. The zero-order valence-electron chi connectivity index (χ0n) is 38.8. The number of likely N-dealkylation sites (N-methyl/N-ethyl adjacent to an activating group) is 1. The summed E-state index contributed by atoms with van der Waals surface area (Å²) < 4.78 is 34.0. The fourth-order valence-corrected chi connectivity index (χ4v) is 7.67. The van der Waals surface area contributed by atoms with Crippen LogP contribution in [0.3, 0.4) is 0 Å². The average molecular weight is 844 g/mol. The molecule has 0 amide bonds. The van der Waals surface area contributed by atoms with E-state index in [0.717, 1.165) is 51.4 Å². The number of esters is 2. The lowest BCUT2D eigenvalue weighted by molar-refractivity contribution is -0.870. The molecule has 0 aliphatic rings.